The van der Waals surface area contributed by atoms with E-state index < -0.39 is 152 Å². The summed E-state index contributed by atoms with van der Waals surface area (Å²) in [5.74, 6) is -6.82. The summed E-state index contributed by atoms with van der Waals surface area (Å²) in [5, 5.41) is 109. The van der Waals surface area contributed by atoms with Gasteiger partial charge in [-0.05, 0) is 0 Å². The Kier molecular flexibility index (Phi) is 14.4. The standard InChI is InChI=1S/C25H42N2O22S/c1-7(30)26-13-9(32)3-25(24(39)40,48-20(13)15(34)10(33)4-28)49-21-16(35)12(6-44-50(41,42)43)46-23(18(21)37)47-19-11(5-29)45-22(38)14(17(19)36)27-8(2)31/h9-23,28-29,32-38H,3-6H2,1-2H3,(H,26,30)(H,27,31)(H,39,40)(H,41,42,43)/t9-,10+,11+,12+,13+,14+,15+,16-,17+,18+,19+,20+,21-,22+,23-,25-/m0/s1. The van der Waals surface area contributed by atoms with Crippen LogP contribution in [0, 0.1) is 0 Å². The molecular weight excluding hydrogens is 712 g/mol. The van der Waals surface area contributed by atoms with Gasteiger partial charge in [0.1, 0.15) is 67.1 Å². The highest BCUT2D eigenvalue weighted by atomic mass is 32.3. The lowest BCUT2D eigenvalue weighted by Gasteiger charge is -2.50. The smallest absolute Gasteiger partial charge is 0.397 e. The first-order valence-corrected chi connectivity index (χ1v) is 16.2. The molecule has 0 aromatic carbocycles. The molecule has 3 aliphatic heterocycles. The van der Waals surface area contributed by atoms with Crippen LogP contribution in [0.25, 0.3) is 0 Å². The monoisotopic (exact) mass is 754 g/mol. The lowest BCUT2D eigenvalue weighted by atomic mass is 9.88. The molecule has 0 unspecified atom stereocenters. The van der Waals surface area contributed by atoms with Crippen LogP contribution in [-0.4, -0.2) is 199 Å². The van der Waals surface area contributed by atoms with Crippen LogP contribution >= 0.6 is 0 Å². The molecule has 0 spiro atoms. The Morgan fingerprint density at radius 3 is 2.02 bits per heavy atom. The van der Waals surface area contributed by atoms with Gasteiger partial charge in [-0.2, -0.15) is 8.42 Å². The highest BCUT2D eigenvalue weighted by Gasteiger charge is 2.60. The van der Waals surface area contributed by atoms with Crippen LogP contribution in [-0.2, 0) is 52.7 Å². The third-order valence-electron chi connectivity index (χ3n) is 8.07. The number of carboxylic acid groups (broad SMARTS) is 1. The van der Waals surface area contributed by atoms with Crippen LogP contribution in [0.4, 0.5) is 0 Å². The Balaban J connectivity index is 2.03. The summed E-state index contributed by atoms with van der Waals surface area (Å²) in [7, 11) is -5.23. The molecule has 3 fully saturated rings. The number of hydrogen-bond donors (Lipinski definition) is 13. The number of aliphatic hydroxyl groups excluding tert-OH is 9. The molecule has 24 nitrogen and oxygen atoms in total. The number of rotatable bonds is 14. The number of carbonyl (C=O) groups is 3. The van der Waals surface area contributed by atoms with Crippen molar-refractivity contribution in [3.8, 4) is 0 Å². The molecule has 16 atom stereocenters. The Labute approximate surface area is 283 Å². The van der Waals surface area contributed by atoms with E-state index in [1.807, 2.05) is 0 Å². The van der Waals surface area contributed by atoms with Crippen molar-refractivity contribution >= 4 is 28.2 Å². The quantitative estimate of drug-likeness (QED) is 0.0732. The van der Waals surface area contributed by atoms with Crippen LogP contribution in [0.2, 0.25) is 0 Å². The first-order chi connectivity index (χ1) is 23.2. The molecule has 2 amide bonds. The van der Waals surface area contributed by atoms with Crippen molar-refractivity contribution in [1.29, 1.82) is 0 Å². The summed E-state index contributed by atoms with van der Waals surface area (Å²) in [5.41, 5.74) is 0. The van der Waals surface area contributed by atoms with Crippen LogP contribution in [0.5, 0.6) is 0 Å². The maximum Gasteiger partial charge on any atom is 0.397 e. The molecule has 0 radical (unpaired) electrons. The van der Waals surface area contributed by atoms with E-state index in [0.717, 1.165) is 13.8 Å². The van der Waals surface area contributed by atoms with Gasteiger partial charge in [0.05, 0.1) is 32.0 Å². The molecule has 50 heavy (non-hydrogen) atoms. The highest BCUT2D eigenvalue weighted by Crippen LogP contribution is 2.38. The molecule has 3 saturated heterocycles. The number of aliphatic carboxylic acids is 1. The van der Waals surface area contributed by atoms with Gasteiger partial charge >= 0.3 is 16.4 Å². The fraction of sp³-hybridized carbons (Fsp3) is 0.880. The summed E-state index contributed by atoms with van der Waals surface area (Å²) in [4.78, 5) is 36.2. The van der Waals surface area contributed by atoms with Crippen molar-refractivity contribution in [3.63, 3.8) is 0 Å². The van der Waals surface area contributed by atoms with Gasteiger partial charge in [-0.25, -0.2) is 8.98 Å². The number of carboxylic acids is 1. The van der Waals surface area contributed by atoms with Gasteiger partial charge in [-0.15, -0.1) is 0 Å². The van der Waals surface area contributed by atoms with Crippen molar-refractivity contribution in [2.24, 2.45) is 0 Å². The van der Waals surface area contributed by atoms with Gasteiger partial charge in [0.2, 0.25) is 11.8 Å². The van der Waals surface area contributed by atoms with Crippen LogP contribution in [0.15, 0.2) is 0 Å². The maximum absolute atomic E-state index is 12.7. The van der Waals surface area contributed by atoms with Gasteiger partial charge in [-0.1, -0.05) is 0 Å². The van der Waals surface area contributed by atoms with Crippen LogP contribution in [0.1, 0.15) is 20.3 Å². The molecule has 290 valence electrons. The number of ether oxygens (including phenoxy) is 5. The Morgan fingerprint density at radius 1 is 0.900 bits per heavy atom. The van der Waals surface area contributed by atoms with E-state index in [-0.39, 0.29) is 0 Å². The highest BCUT2D eigenvalue weighted by molar-refractivity contribution is 7.80. The summed E-state index contributed by atoms with van der Waals surface area (Å²) in [6.07, 6.45) is -27.8. The van der Waals surface area contributed by atoms with Crippen molar-refractivity contribution in [3.05, 3.63) is 0 Å². The van der Waals surface area contributed by atoms with E-state index in [4.69, 9.17) is 28.2 Å². The van der Waals surface area contributed by atoms with Gasteiger partial charge in [0.15, 0.2) is 12.6 Å². The van der Waals surface area contributed by atoms with Crippen molar-refractivity contribution in [1.82, 2.24) is 10.6 Å². The first-order valence-electron chi connectivity index (χ1n) is 14.9. The second kappa shape index (κ2) is 17.0. The molecule has 3 heterocycles. The molecule has 0 saturated carbocycles. The first kappa shape index (κ1) is 42.1. The number of aliphatic hydroxyl groups is 9. The Bertz CT molecular complexity index is 1290. The van der Waals surface area contributed by atoms with Crippen molar-refractivity contribution in [2.75, 3.05) is 19.8 Å². The topological polar surface area (TPSA) is 387 Å². The third-order valence-corrected chi connectivity index (χ3v) is 8.50. The lowest BCUT2D eigenvalue weighted by molar-refractivity contribution is -0.381. The SMILES string of the molecule is CC(=O)N[C@@H]1[C@@H](O)[C@H](O[C@@H]2O[C@H](COS(=O)(=O)O)[C@H](O)[C@H](O[C@]3(C(=O)O)C[C@H](O)[C@@H](NC(C)=O)[C@H]([C@H](O)[C@H](O)CO)O3)[C@H]2O)[C@@H](CO)O[C@H]1O. The largest absolute Gasteiger partial charge is 0.477 e. The predicted octanol–water partition coefficient (Wildman–Crippen LogP) is -8.25. The Hall–Kier alpha value is -2.28. The molecular formula is C25H42N2O22S. The minimum atomic E-state index is -5.23. The normalized spacial score (nSPS) is 40.8. The second-order valence-electron chi connectivity index (χ2n) is 11.8. The number of amides is 2. The summed E-state index contributed by atoms with van der Waals surface area (Å²) < 4.78 is 63.3. The fourth-order valence-electron chi connectivity index (χ4n) is 5.71. The molecule has 25 heteroatoms. The molecule has 0 aromatic heterocycles. The van der Waals surface area contributed by atoms with Crippen LogP contribution < -0.4 is 10.6 Å². The molecule has 3 rings (SSSR count). The number of carbonyl (C=O) groups excluding carboxylic acids is 2. The zero-order chi connectivity index (χ0) is 37.9. The van der Waals surface area contributed by atoms with Gasteiger partial charge in [0.25, 0.3) is 5.79 Å². The molecule has 13 N–H and O–H groups in total. The van der Waals surface area contributed by atoms with E-state index in [1.54, 1.807) is 0 Å². The van der Waals surface area contributed by atoms with Gasteiger partial charge in [0, 0.05) is 20.3 Å². The van der Waals surface area contributed by atoms with E-state index in [2.05, 4.69) is 14.8 Å². The molecule has 0 aromatic rings. The zero-order valence-electron chi connectivity index (χ0n) is 26.3. The number of nitrogens with one attached hydrogen (secondary N) is 2. The minimum absolute atomic E-state index is 0.754. The summed E-state index contributed by atoms with van der Waals surface area (Å²) in [6, 6.07) is -3.23. The van der Waals surface area contributed by atoms with E-state index in [0.29, 0.717) is 0 Å². The fourth-order valence-corrected chi connectivity index (χ4v) is 6.01. The third kappa shape index (κ3) is 9.77. The predicted molar refractivity (Wildman–Crippen MR) is 152 cm³/mol. The minimum Gasteiger partial charge on any atom is -0.477 e. The van der Waals surface area contributed by atoms with Gasteiger partial charge in [-0.3, -0.25) is 14.1 Å². The van der Waals surface area contributed by atoms with E-state index in [9.17, 15) is 73.9 Å². The van der Waals surface area contributed by atoms with E-state index >= 15 is 0 Å². The second-order valence-corrected chi connectivity index (χ2v) is 12.9. The molecule has 0 bridgehead atoms. The molecule has 3 aliphatic rings. The lowest BCUT2D eigenvalue weighted by Crippen LogP contribution is -2.71. The average Bonchev–Trinajstić information content (AvgIpc) is 3.02. The Morgan fingerprint density at radius 2 is 1.50 bits per heavy atom. The van der Waals surface area contributed by atoms with Gasteiger partial charge < -0.3 is 85.4 Å². The molecule has 0 aliphatic carbocycles. The summed E-state index contributed by atoms with van der Waals surface area (Å²) >= 11 is 0. The zero-order valence-corrected chi connectivity index (χ0v) is 27.1. The van der Waals surface area contributed by atoms with Crippen molar-refractivity contribution in [2.45, 2.75) is 118 Å². The summed E-state index contributed by atoms with van der Waals surface area (Å²) in [6.45, 7) is -1.31. The van der Waals surface area contributed by atoms with Crippen LogP contribution in [0.3, 0.4) is 0 Å². The van der Waals surface area contributed by atoms with Crippen molar-refractivity contribution < 1.29 is 106 Å². The maximum atomic E-state index is 12.7. The number of hydrogen-bond acceptors (Lipinski definition) is 20. The average molecular weight is 755 g/mol. The van der Waals surface area contributed by atoms with E-state index in [1.165, 1.54) is 0 Å².